The molecule has 1 aliphatic carbocycles. The van der Waals surface area contributed by atoms with Crippen molar-refractivity contribution in [3.8, 4) is 0 Å². The van der Waals surface area contributed by atoms with E-state index < -0.39 is 5.54 Å². The van der Waals surface area contributed by atoms with Crippen LogP contribution in [0.25, 0.3) is 0 Å². The first-order valence-corrected chi connectivity index (χ1v) is 4.61. The molecule has 0 spiro atoms. The molecule has 0 saturated heterocycles. The topological polar surface area (TPSA) is 60.2 Å². The Morgan fingerprint density at radius 2 is 2.15 bits per heavy atom. The van der Waals surface area contributed by atoms with Crippen molar-refractivity contribution in [1.82, 2.24) is 0 Å². The Balaban J connectivity index is 2.70. The molecule has 0 heterocycles. The molecule has 1 rings (SSSR count). The summed E-state index contributed by atoms with van der Waals surface area (Å²) in [6.07, 6.45) is 2.60. The van der Waals surface area contributed by atoms with Gasteiger partial charge in [0.05, 0.1) is 0 Å². The molecular weight excluding hydrogens is 170 g/mol. The zero-order valence-electron chi connectivity index (χ0n) is 8.08. The molecular formula is C9H15NO3. The van der Waals surface area contributed by atoms with Gasteiger partial charge in [0, 0.05) is 37.5 Å². The summed E-state index contributed by atoms with van der Waals surface area (Å²) in [5.74, 6) is 0.0925. The molecule has 13 heavy (non-hydrogen) atoms. The van der Waals surface area contributed by atoms with Gasteiger partial charge in [0.15, 0.2) is 0 Å². The maximum atomic E-state index is 11.1. The normalized spacial score (nSPS) is 24.5. The Morgan fingerprint density at radius 3 is 2.62 bits per heavy atom. The van der Waals surface area contributed by atoms with Gasteiger partial charge in [-0.3, -0.25) is 14.9 Å². The van der Waals surface area contributed by atoms with Crippen LogP contribution in [0.15, 0.2) is 0 Å². The highest BCUT2D eigenvalue weighted by atomic mass is 16.6. The Hall–Kier alpha value is -0.930. The number of nitro groups is 1. The summed E-state index contributed by atoms with van der Waals surface area (Å²) in [6, 6.07) is 0. The maximum absolute atomic E-state index is 11.1. The molecule has 0 radical (unpaired) electrons. The fourth-order valence-corrected chi connectivity index (χ4v) is 1.78. The summed E-state index contributed by atoms with van der Waals surface area (Å²) in [5.41, 5.74) is -0.948. The van der Waals surface area contributed by atoms with Crippen LogP contribution in [0, 0.1) is 16.0 Å². The van der Waals surface area contributed by atoms with Gasteiger partial charge in [-0.1, -0.05) is 0 Å². The van der Waals surface area contributed by atoms with Crippen LogP contribution in [-0.4, -0.2) is 16.2 Å². The molecule has 0 aromatic heterocycles. The second kappa shape index (κ2) is 3.44. The first-order valence-electron chi connectivity index (χ1n) is 4.61. The lowest BCUT2D eigenvalue weighted by Gasteiger charge is -2.28. The molecule has 1 aliphatic rings. The molecule has 0 bridgehead atoms. The number of ketones is 1. The third-order valence-electron chi connectivity index (χ3n) is 2.95. The van der Waals surface area contributed by atoms with Gasteiger partial charge in [0.2, 0.25) is 5.54 Å². The van der Waals surface area contributed by atoms with Crippen molar-refractivity contribution >= 4 is 5.78 Å². The minimum Gasteiger partial charge on any atom is -0.300 e. The number of hydrogen-bond donors (Lipinski definition) is 0. The summed E-state index contributed by atoms with van der Waals surface area (Å²) in [7, 11) is 0. The molecule has 0 aromatic carbocycles. The largest absolute Gasteiger partial charge is 0.300 e. The van der Waals surface area contributed by atoms with Crippen LogP contribution in [0.2, 0.25) is 0 Å². The van der Waals surface area contributed by atoms with Crippen LogP contribution < -0.4 is 0 Å². The van der Waals surface area contributed by atoms with Crippen LogP contribution in [0.4, 0.5) is 0 Å². The third kappa shape index (κ3) is 2.05. The van der Waals surface area contributed by atoms with Gasteiger partial charge < -0.3 is 0 Å². The lowest BCUT2D eigenvalue weighted by atomic mass is 9.76. The van der Waals surface area contributed by atoms with Crippen LogP contribution in [0.3, 0.4) is 0 Å². The molecule has 0 aromatic rings. The lowest BCUT2D eigenvalue weighted by molar-refractivity contribution is -0.571. The predicted octanol–water partition coefficient (Wildman–Crippen LogP) is 1.80. The van der Waals surface area contributed by atoms with E-state index >= 15 is 0 Å². The summed E-state index contributed by atoms with van der Waals surface area (Å²) in [6.45, 7) is 3.21. The molecule has 4 heteroatoms. The van der Waals surface area contributed by atoms with Crippen LogP contribution in [-0.2, 0) is 4.79 Å². The smallest absolute Gasteiger partial charge is 0.220 e. The van der Waals surface area contributed by atoms with Crippen molar-refractivity contribution in [2.75, 3.05) is 0 Å². The van der Waals surface area contributed by atoms with Gasteiger partial charge in [-0.25, -0.2) is 0 Å². The monoisotopic (exact) mass is 185 g/mol. The number of rotatable bonds is 2. The maximum Gasteiger partial charge on any atom is 0.220 e. The number of Topliss-reactive ketones (excluding diaryl/α,β-unsaturated/α-hetero) is 1. The van der Waals surface area contributed by atoms with E-state index in [4.69, 9.17) is 0 Å². The van der Waals surface area contributed by atoms with Gasteiger partial charge >= 0.3 is 0 Å². The summed E-state index contributed by atoms with van der Waals surface area (Å²) >= 11 is 0. The van der Waals surface area contributed by atoms with Gasteiger partial charge in [0.1, 0.15) is 5.78 Å². The second-order valence-electron chi connectivity index (χ2n) is 4.24. The highest BCUT2D eigenvalue weighted by molar-refractivity contribution is 5.79. The number of nitrogens with zero attached hydrogens (tertiary/aromatic N) is 1. The fourth-order valence-electron chi connectivity index (χ4n) is 1.78. The molecule has 0 N–H and O–H groups in total. The Kier molecular flexibility index (Phi) is 2.68. The van der Waals surface area contributed by atoms with E-state index in [1.807, 2.05) is 0 Å². The Morgan fingerprint density at radius 1 is 1.54 bits per heavy atom. The van der Waals surface area contributed by atoms with Crippen molar-refractivity contribution < 1.29 is 9.72 Å². The molecule has 1 fully saturated rings. The van der Waals surface area contributed by atoms with Gasteiger partial charge in [0.25, 0.3) is 0 Å². The molecule has 74 valence electrons. The summed E-state index contributed by atoms with van der Waals surface area (Å²) < 4.78 is 0. The van der Waals surface area contributed by atoms with Crippen molar-refractivity contribution in [2.24, 2.45) is 5.92 Å². The summed E-state index contributed by atoms with van der Waals surface area (Å²) in [4.78, 5) is 21.6. The zero-order chi connectivity index (χ0) is 10.1. The number of carbonyl (C=O) groups is 1. The fraction of sp³-hybridized carbons (Fsp3) is 0.889. The lowest BCUT2D eigenvalue weighted by Crippen LogP contribution is -2.42. The van der Waals surface area contributed by atoms with E-state index in [0.717, 1.165) is 12.8 Å². The van der Waals surface area contributed by atoms with Gasteiger partial charge in [-0.2, -0.15) is 0 Å². The van der Waals surface area contributed by atoms with Crippen LogP contribution in [0.1, 0.15) is 39.5 Å². The van der Waals surface area contributed by atoms with E-state index in [0.29, 0.717) is 12.8 Å². The predicted molar refractivity (Wildman–Crippen MR) is 48.0 cm³/mol. The second-order valence-corrected chi connectivity index (χ2v) is 4.24. The standard InChI is InChI=1S/C9H15NO3/c1-9(2,10(12)13)7-4-3-5-8(11)6-7/h7H,3-6H2,1-2H3/t7-/m0/s1. The Labute approximate surface area is 77.5 Å². The average molecular weight is 185 g/mol. The van der Waals surface area contributed by atoms with Crippen molar-refractivity contribution in [1.29, 1.82) is 0 Å². The van der Waals surface area contributed by atoms with Crippen molar-refractivity contribution in [3.05, 3.63) is 10.1 Å². The summed E-state index contributed by atoms with van der Waals surface area (Å²) in [5, 5.41) is 10.7. The average Bonchev–Trinajstić information content (AvgIpc) is 2.04. The minimum absolute atomic E-state index is 0.0799. The molecule has 1 atom stereocenters. The molecule has 0 amide bonds. The van der Waals surface area contributed by atoms with Crippen molar-refractivity contribution in [2.45, 2.75) is 45.1 Å². The third-order valence-corrected chi connectivity index (χ3v) is 2.95. The van der Waals surface area contributed by atoms with Crippen LogP contribution in [0.5, 0.6) is 0 Å². The van der Waals surface area contributed by atoms with Crippen LogP contribution >= 0.6 is 0 Å². The Bertz CT molecular complexity index is 235. The van der Waals surface area contributed by atoms with Gasteiger partial charge in [-0.15, -0.1) is 0 Å². The molecule has 0 aliphatic heterocycles. The number of carbonyl (C=O) groups excluding carboxylic acids is 1. The molecule has 4 nitrogen and oxygen atoms in total. The highest BCUT2D eigenvalue weighted by Crippen LogP contribution is 2.32. The molecule has 1 saturated carbocycles. The van der Waals surface area contributed by atoms with Crippen molar-refractivity contribution in [3.63, 3.8) is 0 Å². The number of hydrogen-bond acceptors (Lipinski definition) is 3. The highest BCUT2D eigenvalue weighted by Gasteiger charge is 2.42. The first-order chi connectivity index (χ1) is 5.94. The van der Waals surface area contributed by atoms with E-state index in [1.165, 1.54) is 0 Å². The van der Waals surface area contributed by atoms with E-state index in [1.54, 1.807) is 13.8 Å². The quantitative estimate of drug-likeness (QED) is 0.486. The van der Waals surface area contributed by atoms with E-state index in [-0.39, 0.29) is 16.6 Å². The van der Waals surface area contributed by atoms with Gasteiger partial charge in [-0.05, 0) is 12.8 Å². The molecule has 0 unspecified atom stereocenters. The minimum atomic E-state index is -0.948. The van der Waals surface area contributed by atoms with E-state index in [9.17, 15) is 14.9 Å². The SMILES string of the molecule is CC(C)([C@H]1CCCC(=O)C1)[N+](=O)[O-]. The zero-order valence-corrected chi connectivity index (χ0v) is 8.08. The van der Waals surface area contributed by atoms with E-state index in [2.05, 4.69) is 0 Å². The first kappa shape index (κ1) is 10.2.